The highest BCUT2D eigenvalue weighted by atomic mass is 16.5. The first-order chi connectivity index (χ1) is 9.36. The molecule has 20 heavy (non-hydrogen) atoms. The lowest BCUT2D eigenvalue weighted by molar-refractivity contribution is 0.416. The quantitative estimate of drug-likeness (QED) is 0.726. The van der Waals surface area contributed by atoms with Gasteiger partial charge in [-0.15, -0.1) is 0 Å². The fourth-order valence-corrected chi connectivity index (χ4v) is 2.66. The molecular weight excluding hydrogens is 244 g/mol. The van der Waals surface area contributed by atoms with Gasteiger partial charge in [0.05, 0.1) is 7.11 Å². The van der Waals surface area contributed by atoms with Crippen molar-refractivity contribution in [2.45, 2.75) is 41.5 Å². The second kappa shape index (κ2) is 5.32. The van der Waals surface area contributed by atoms with Crippen molar-refractivity contribution in [1.82, 2.24) is 0 Å². The number of hydrogen-bond donors (Lipinski definition) is 0. The van der Waals surface area contributed by atoms with Crippen LogP contribution in [0, 0.1) is 41.5 Å². The van der Waals surface area contributed by atoms with Crippen molar-refractivity contribution in [1.29, 1.82) is 0 Å². The third-order valence-corrected chi connectivity index (χ3v) is 4.59. The van der Waals surface area contributed by atoms with Crippen molar-refractivity contribution in [2.24, 2.45) is 0 Å². The standard InChI is InChI=1S/C19H24O/c1-11-8-18(19(20-7)10-12(11)2)17-9-13(3)14(4)15(5)16(17)6/h8-10H,1-7H3. The van der Waals surface area contributed by atoms with Crippen molar-refractivity contribution >= 4 is 0 Å². The maximum Gasteiger partial charge on any atom is 0.126 e. The SMILES string of the molecule is COc1cc(C)c(C)cc1-c1cc(C)c(C)c(C)c1C. The third-order valence-electron chi connectivity index (χ3n) is 4.59. The molecule has 0 aliphatic carbocycles. The number of hydrogen-bond acceptors (Lipinski definition) is 1. The van der Waals surface area contributed by atoms with Crippen molar-refractivity contribution in [3.63, 3.8) is 0 Å². The largest absolute Gasteiger partial charge is 0.496 e. The van der Waals surface area contributed by atoms with Gasteiger partial charge in [-0.2, -0.15) is 0 Å². The van der Waals surface area contributed by atoms with E-state index in [-0.39, 0.29) is 0 Å². The molecule has 0 spiro atoms. The molecule has 0 N–H and O–H groups in total. The molecule has 106 valence electrons. The van der Waals surface area contributed by atoms with Crippen LogP contribution in [-0.4, -0.2) is 7.11 Å². The average molecular weight is 268 g/mol. The van der Waals surface area contributed by atoms with Crippen LogP contribution in [0.2, 0.25) is 0 Å². The first-order valence-corrected chi connectivity index (χ1v) is 7.09. The molecule has 0 unspecified atom stereocenters. The minimum atomic E-state index is 0.957. The Kier molecular flexibility index (Phi) is 3.89. The van der Waals surface area contributed by atoms with Gasteiger partial charge in [0.2, 0.25) is 0 Å². The molecule has 0 aromatic heterocycles. The Morgan fingerprint density at radius 2 is 1.15 bits per heavy atom. The monoisotopic (exact) mass is 268 g/mol. The Morgan fingerprint density at radius 3 is 1.75 bits per heavy atom. The van der Waals surface area contributed by atoms with Crippen LogP contribution in [0.3, 0.4) is 0 Å². The minimum Gasteiger partial charge on any atom is -0.496 e. The first kappa shape index (κ1) is 14.6. The van der Waals surface area contributed by atoms with Gasteiger partial charge in [-0.1, -0.05) is 6.07 Å². The van der Waals surface area contributed by atoms with Crippen LogP contribution in [-0.2, 0) is 0 Å². The summed E-state index contributed by atoms with van der Waals surface area (Å²) in [5, 5.41) is 0. The highest BCUT2D eigenvalue weighted by Crippen LogP contribution is 2.37. The number of aryl methyl sites for hydroxylation is 3. The van der Waals surface area contributed by atoms with Crippen LogP contribution in [0.15, 0.2) is 18.2 Å². The van der Waals surface area contributed by atoms with E-state index >= 15 is 0 Å². The van der Waals surface area contributed by atoms with Crippen LogP contribution in [0.1, 0.15) is 33.4 Å². The maximum absolute atomic E-state index is 5.60. The van der Waals surface area contributed by atoms with Gasteiger partial charge in [0.25, 0.3) is 0 Å². The van der Waals surface area contributed by atoms with E-state index in [4.69, 9.17) is 4.74 Å². The highest BCUT2D eigenvalue weighted by molar-refractivity contribution is 5.76. The number of methoxy groups -OCH3 is 1. The Hall–Kier alpha value is -1.76. The molecule has 0 heterocycles. The van der Waals surface area contributed by atoms with Gasteiger partial charge in [0.15, 0.2) is 0 Å². The van der Waals surface area contributed by atoms with E-state index < -0.39 is 0 Å². The molecule has 2 aromatic rings. The van der Waals surface area contributed by atoms with E-state index in [1.165, 1.54) is 44.5 Å². The van der Waals surface area contributed by atoms with E-state index in [1.54, 1.807) is 7.11 Å². The molecule has 0 bridgehead atoms. The molecule has 0 fully saturated rings. The van der Waals surface area contributed by atoms with Crippen molar-refractivity contribution in [3.05, 3.63) is 51.6 Å². The predicted molar refractivity (Wildman–Crippen MR) is 86.9 cm³/mol. The topological polar surface area (TPSA) is 9.23 Å². The van der Waals surface area contributed by atoms with E-state index in [1.807, 2.05) is 0 Å². The van der Waals surface area contributed by atoms with Gasteiger partial charge in [0.1, 0.15) is 5.75 Å². The van der Waals surface area contributed by atoms with Crippen molar-refractivity contribution in [2.75, 3.05) is 7.11 Å². The van der Waals surface area contributed by atoms with Gasteiger partial charge in [-0.25, -0.2) is 0 Å². The molecule has 0 saturated carbocycles. The second-order valence-electron chi connectivity index (χ2n) is 5.75. The lowest BCUT2D eigenvalue weighted by atomic mass is 9.89. The first-order valence-electron chi connectivity index (χ1n) is 7.09. The van der Waals surface area contributed by atoms with E-state index in [9.17, 15) is 0 Å². The van der Waals surface area contributed by atoms with Crippen LogP contribution >= 0.6 is 0 Å². The van der Waals surface area contributed by atoms with Crippen LogP contribution in [0.25, 0.3) is 11.1 Å². The fourth-order valence-electron chi connectivity index (χ4n) is 2.66. The molecule has 2 rings (SSSR count). The molecule has 1 heteroatoms. The predicted octanol–water partition coefficient (Wildman–Crippen LogP) is 5.21. The lowest BCUT2D eigenvalue weighted by Gasteiger charge is -2.18. The van der Waals surface area contributed by atoms with Crippen molar-refractivity contribution < 1.29 is 4.74 Å². The summed E-state index contributed by atoms with van der Waals surface area (Å²) < 4.78 is 5.60. The van der Waals surface area contributed by atoms with Crippen molar-refractivity contribution in [3.8, 4) is 16.9 Å². The zero-order chi connectivity index (χ0) is 15.0. The number of rotatable bonds is 2. The smallest absolute Gasteiger partial charge is 0.126 e. The summed E-state index contributed by atoms with van der Waals surface area (Å²) >= 11 is 0. The van der Waals surface area contributed by atoms with Gasteiger partial charge in [0, 0.05) is 5.56 Å². The van der Waals surface area contributed by atoms with Gasteiger partial charge >= 0.3 is 0 Å². The Balaban J connectivity index is 2.78. The number of ether oxygens (including phenoxy) is 1. The Labute approximate surface area is 122 Å². The van der Waals surface area contributed by atoms with E-state index in [0.717, 1.165) is 5.75 Å². The van der Waals surface area contributed by atoms with Crippen LogP contribution < -0.4 is 4.74 Å². The molecule has 0 radical (unpaired) electrons. The van der Waals surface area contributed by atoms with Crippen LogP contribution in [0.4, 0.5) is 0 Å². The van der Waals surface area contributed by atoms with Gasteiger partial charge < -0.3 is 4.74 Å². The van der Waals surface area contributed by atoms with Gasteiger partial charge in [-0.05, 0) is 92.6 Å². The molecule has 0 aliphatic heterocycles. The summed E-state index contributed by atoms with van der Waals surface area (Å²) in [6, 6.07) is 6.66. The normalized spacial score (nSPS) is 10.8. The summed E-state index contributed by atoms with van der Waals surface area (Å²) in [5.74, 6) is 0.957. The summed E-state index contributed by atoms with van der Waals surface area (Å²) in [6.07, 6.45) is 0. The lowest BCUT2D eigenvalue weighted by Crippen LogP contribution is -1.97. The van der Waals surface area contributed by atoms with E-state index in [2.05, 4.69) is 59.7 Å². The second-order valence-corrected chi connectivity index (χ2v) is 5.75. The Bertz CT molecular complexity index is 666. The molecule has 0 saturated heterocycles. The third kappa shape index (κ3) is 2.33. The number of benzene rings is 2. The molecule has 0 aliphatic rings. The zero-order valence-electron chi connectivity index (χ0n) is 13.6. The molecule has 2 aromatic carbocycles. The highest BCUT2D eigenvalue weighted by Gasteiger charge is 2.14. The minimum absolute atomic E-state index is 0.957. The molecule has 0 amide bonds. The van der Waals surface area contributed by atoms with Gasteiger partial charge in [-0.3, -0.25) is 0 Å². The molecule has 1 nitrogen and oxygen atoms in total. The summed E-state index contributed by atoms with van der Waals surface area (Å²) in [5.41, 5.74) is 10.5. The Morgan fingerprint density at radius 1 is 0.600 bits per heavy atom. The zero-order valence-corrected chi connectivity index (χ0v) is 13.6. The van der Waals surface area contributed by atoms with Crippen LogP contribution in [0.5, 0.6) is 5.75 Å². The summed E-state index contributed by atoms with van der Waals surface area (Å²) in [7, 11) is 1.75. The van der Waals surface area contributed by atoms with E-state index in [0.29, 0.717) is 0 Å². The summed E-state index contributed by atoms with van der Waals surface area (Å²) in [6.45, 7) is 13.1. The average Bonchev–Trinajstić information content (AvgIpc) is 2.43. The summed E-state index contributed by atoms with van der Waals surface area (Å²) in [4.78, 5) is 0. The fraction of sp³-hybridized carbons (Fsp3) is 0.368. The molecular formula is C19H24O. The maximum atomic E-state index is 5.60. The molecule has 0 atom stereocenters.